The third-order valence-corrected chi connectivity index (χ3v) is 17.9. The lowest BCUT2D eigenvalue weighted by Gasteiger charge is -2.21. The van der Waals surface area contributed by atoms with E-state index < -0.39 is 91.5 Å². The molecule has 0 radical (unpaired) electrons. The van der Waals surface area contributed by atoms with Crippen molar-refractivity contribution < 1.29 is 75.8 Å². The van der Waals surface area contributed by atoms with Crippen molar-refractivity contribution in [2.24, 2.45) is 0 Å². The molecule has 0 fully saturated rings. The third-order valence-electron chi connectivity index (χ3n) is 16.0. The van der Waals surface area contributed by atoms with Gasteiger partial charge in [-0.1, -0.05) is 295 Å². The first-order valence-corrected chi connectivity index (χ1v) is 42.1. The highest BCUT2D eigenvalue weighted by Gasteiger charge is 2.29. The van der Waals surface area contributed by atoms with Crippen LogP contribution in [-0.2, 0) is 55.8 Å². The number of unbranched alkanes of at least 4 members (excludes halogenated alkanes) is 26. The van der Waals surface area contributed by atoms with Crippen LogP contribution >= 0.6 is 15.6 Å². The first-order chi connectivity index (χ1) is 49.2. The van der Waals surface area contributed by atoms with E-state index in [0.717, 1.165) is 180 Å². The monoisotopic (exact) mass is 1450 g/mol. The lowest BCUT2D eigenvalue weighted by Crippen LogP contribution is -2.30. The summed E-state index contributed by atoms with van der Waals surface area (Å²) in [5.74, 6) is -1.61. The molecular weight excluding hydrogens is 1310 g/mol. The molecule has 101 heavy (non-hydrogen) atoms. The van der Waals surface area contributed by atoms with Crippen LogP contribution in [0.4, 0.5) is 0 Å². The summed E-state index contributed by atoms with van der Waals surface area (Å²) in [5.41, 5.74) is 0. The van der Waals surface area contributed by atoms with Crippen molar-refractivity contribution in [3.05, 3.63) is 146 Å². The molecule has 0 aromatic rings. The van der Waals surface area contributed by atoms with Crippen LogP contribution in [-0.4, -0.2) is 95.9 Å². The fourth-order valence-electron chi connectivity index (χ4n) is 10.2. The van der Waals surface area contributed by atoms with Crippen LogP contribution in [0.3, 0.4) is 0 Å². The van der Waals surface area contributed by atoms with Gasteiger partial charge in [0.1, 0.15) is 25.4 Å². The highest BCUT2D eigenvalue weighted by Crippen LogP contribution is 2.45. The second-order valence-electron chi connectivity index (χ2n) is 25.7. The Morgan fingerprint density at radius 3 is 0.782 bits per heavy atom. The Balaban J connectivity index is 4.45. The quantitative estimate of drug-likeness (QED) is 0.0146. The summed E-state index contributed by atoms with van der Waals surface area (Å²) in [6.07, 6.45) is 91.9. The van der Waals surface area contributed by atoms with E-state index in [-0.39, 0.29) is 19.3 Å². The molecule has 0 saturated carbocycles. The van der Waals surface area contributed by atoms with Crippen LogP contribution < -0.4 is 0 Å². The maximum Gasteiger partial charge on any atom is 0.472 e. The van der Waals surface area contributed by atoms with Crippen LogP contribution in [0.2, 0.25) is 0 Å². The van der Waals surface area contributed by atoms with Gasteiger partial charge in [-0.15, -0.1) is 0 Å². The molecule has 0 aromatic carbocycles. The summed E-state index contributed by atoms with van der Waals surface area (Å²) >= 11 is 0. The number of ether oxygens (including phenoxy) is 3. The van der Waals surface area contributed by atoms with Gasteiger partial charge < -0.3 is 34.2 Å². The molecular formula is C83H140O16P2. The summed E-state index contributed by atoms with van der Waals surface area (Å²) in [4.78, 5) is 58.6. The molecule has 0 aliphatic rings. The predicted molar refractivity (Wildman–Crippen MR) is 417 cm³/mol. The van der Waals surface area contributed by atoms with Crippen molar-refractivity contribution >= 4 is 33.6 Å². The summed E-state index contributed by atoms with van der Waals surface area (Å²) in [7, 11) is -9.80. The normalized spacial score (nSPS) is 14.8. The van der Waals surface area contributed by atoms with E-state index in [1.165, 1.54) is 64.2 Å². The van der Waals surface area contributed by atoms with Crippen molar-refractivity contribution in [3.8, 4) is 0 Å². The molecule has 0 aliphatic carbocycles. The Kier molecular flexibility index (Phi) is 71.7. The number of aliphatic hydroxyl groups excluding tert-OH is 2. The Bertz CT molecular complexity index is 2420. The Labute approximate surface area is 613 Å². The Morgan fingerprint density at radius 1 is 0.277 bits per heavy atom. The molecule has 0 saturated heterocycles. The third kappa shape index (κ3) is 76.4. The molecule has 16 nitrogen and oxygen atoms in total. The molecule has 0 aliphatic heterocycles. The molecule has 18 heteroatoms. The van der Waals surface area contributed by atoms with Crippen molar-refractivity contribution in [3.63, 3.8) is 0 Å². The van der Waals surface area contributed by atoms with Gasteiger partial charge >= 0.3 is 33.6 Å². The van der Waals surface area contributed by atoms with Crippen LogP contribution in [0, 0.1) is 0 Å². The maximum absolute atomic E-state index is 12.9. The zero-order valence-electron chi connectivity index (χ0n) is 63.0. The van der Waals surface area contributed by atoms with Gasteiger partial charge in [-0.3, -0.25) is 32.5 Å². The van der Waals surface area contributed by atoms with E-state index in [0.29, 0.717) is 19.3 Å². The zero-order valence-corrected chi connectivity index (χ0v) is 64.8. The second kappa shape index (κ2) is 75.1. The number of esters is 3. The van der Waals surface area contributed by atoms with Crippen molar-refractivity contribution in [2.45, 2.75) is 322 Å². The van der Waals surface area contributed by atoms with E-state index in [1.807, 2.05) is 0 Å². The largest absolute Gasteiger partial charge is 0.472 e. The number of hydrogen-bond acceptors (Lipinski definition) is 14. The van der Waals surface area contributed by atoms with Gasteiger partial charge in [-0.2, -0.15) is 0 Å². The Hall–Kier alpha value is -4.57. The van der Waals surface area contributed by atoms with E-state index in [9.17, 15) is 43.5 Å². The topological polar surface area (TPSA) is 231 Å². The maximum atomic E-state index is 12.9. The minimum Gasteiger partial charge on any atom is -0.463 e. The predicted octanol–water partition coefficient (Wildman–Crippen LogP) is 22.9. The number of carbonyl (C=O) groups is 3. The van der Waals surface area contributed by atoms with Gasteiger partial charge in [0.25, 0.3) is 0 Å². The van der Waals surface area contributed by atoms with Crippen LogP contribution in [0.25, 0.3) is 0 Å². The van der Waals surface area contributed by atoms with Crippen LogP contribution in [0.5, 0.6) is 0 Å². The highest BCUT2D eigenvalue weighted by molar-refractivity contribution is 7.47. The lowest BCUT2D eigenvalue weighted by atomic mass is 10.0. The van der Waals surface area contributed by atoms with E-state index in [2.05, 4.69) is 167 Å². The summed E-state index contributed by atoms with van der Waals surface area (Å²) in [6.45, 7) is 2.31. The van der Waals surface area contributed by atoms with E-state index in [1.54, 1.807) is 0 Å². The summed E-state index contributed by atoms with van der Waals surface area (Å²) in [6, 6.07) is 0. The highest BCUT2D eigenvalue weighted by atomic mass is 31.2. The van der Waals surface area contributed by atoms with Crippen LogP contribution in [0.15, 0.2) is 146 Å². The van der Waals surface area contributed by atoms with Crippen molar-refractivity contribution in [2.75, 3.05) is 39.6 Å². The Morgan fingerprint density at radius 2 is 0.495 bits per heavy atom. The average Bonchev–Trinajstić information content (AvgIpc) is 1.12. The molecule has 0 rings (SSSR count). The smallest absolute Gasteiger partial charge is 0.463 e. The number of phosphoric ester groups is 2. The molecule has 578 valence electrons. The second-order valence-corrected chi connectivity index (χ2v) is 28.6. The molecule has 5 atom stereocenters. The number of carbonyl (C=O) groups excluding carboxylic acids is 3. The number of hydrogen-bond donors (Lipinski definition) is 4. The summed E-state index contributed by atoms with van der Waals surface area (Å²) in [5, 5.41) is 20.6. The van der Waals surface area contributed by atoms with Crippen LogP contribution in [0.1, 0.15) is 303 Å². The van der Waals surface area contributed by atoms with Gasteiger partial charge in [0.2, 0.25) is 0 Å². The van der Waals surface area contributed by atoms with Crippen molar-refractivity contribution in [1.29, 1.82) is 0 Å². The first kappa shape index (κ1) is 96.4. The molecule has 5 unspecified atom stereocenters. The van der Waals surface area contributed by atoms with Gasteiger partial charge in [-0.25, -0.2) is 9.13 Å². The van der Waals surface area contributed by atoms with E-state index >= 15 is 0 Å². The lowest BCUT2D eigenvalue weighted by molar-refractivity contribution is -0.161. The molecule has 0 heterocycles. The average molecular weight is 1460 g/mol. The SMILES string of the molecule is CC/C=C\C/C=C\C/C=C\C/C=C\C/C=C\C/C=C\CCCCCCCCCCCCCCCCC(=O)OCC(O)COP(=O)(O)OCC(O)COP(=O)(O)OCC(COC(=O)CCCCCCCCC/C=C\C/C=C\C/C=C\CC)OC(=O)CCCCCCC/C=C\C/C=C\C/C=C\CC. The molecule has 4 N–H and O–H groups in total. The number of phosphoric acid groups is 2. The molecule has 0 bridgehead atoms. The standard InChI is InChI=1S/C83H140O16P2/c1-4-7-10-13-16-19-22-25-28-30-31-32-33-34-35-36-37-38-39-40-41-42-43-44-45-47-50-51-54-57-60-63-66-69-81(86)93-72-78(84)73-95-100(89,90)96-74-79(85)75-97-101(91,92)98-77-80(99-83(88)71-68-65-62-59-56-53-48-27-24-21-18-15-12-9-6-3)76-94-82(87)70-67-64-61-58-55-52-49-46-29-26-23-20-17-14-11-8-5-2/h7-12,16-21,25-29,31-32,34-35,37-38,48,78-80,84-85H,4-6,13-15,22-24,30,33,36,39-47,49-77H2,1-3H3,(H,89,90)(H,91,92)/b10-7-,11-8-,12-9-,19-16-,20-17-,21-18-,28-25-,29-26-,32-31-,35-34-,38-37-,48-27-. The van der Waals surface area contributed by atoms with Gasteiger partial charge in [-0.05, 0) is 135 Å². The fraction of sp³-hybridized carbons (Fsp3) is 0.675. The molecule has 0 spiro atoms. The van der Waals surface area contributed by atoms with Gasteiger partial charge in [0.05, 0.1) is 26.4 Å². The number of aliphatic hydroxyl groups is 2. The minimum atomic E-state index is -4.94. The van der Waals surface area contributed by atoms with Gasteiger partial charge in [0.15, 0.2) is 6.10 Å². The molecule has 0 amide bonds. The van der Waals surface area contributed by atoms with E-state index in [4.69, 9.17) is 32.3 Å². The number of allylic oxidation sites excluding steroid dienone is 24. The van der Waals surface area contributed by atoms with Crippen molar-refractivity contribution in [1.82, 2.24) is 0 Å². The minimum absolute atomic E-state index is 0.0801. The number of rotatable bonds is 73. The first-order valence-electron chi connectivity index (χ1n) is 39.1. The molecule has 0 aromatic heterocycles. The fourth-order valence-corrected chi connectivity index (χ4v) is 11.8. The van der Waals surface area contributed by atoms with Gasteiger partial charge in [0, 0.05) is 19.3 Å². The summed E-state index contributed by atoms with van der Waals surface area (Å²) < 4.78 is 61.1. The zero-order chi connectivity index (χ0) is 73.7.